The summed E-state index contributed by atoms with van der Waals surface area (Å²) < 4.78 is 5.70. The molecule has 9 heteroatoms. The maximum atomic E-state index is 13.0. The van der Waals surface area contributed by atoms with Crippen LogP contribution in [0.5, 0.6) is 0 Å². The molecule has 142 valence electrons. The van der Waals surface area contributed by atoms with Crippen LogP contribution in [0.3, 0.4) is 0 Å². The number of H-pyrrole nitrogens is 1. The number of rotatable bonds is 5. The predicted octanol–water partition coefficient (Wildman–Crippen LogP) is 3.99. The van der Waals surface area contributed by atoms with Crippen molar-refractivity contribution in [2.45, 2.75) is 26.3 Å². The first-order valence-corrected chi connectivity index (χ1v) is 9.69. The summed E-state index contributed by atoms with van der Waals surface area (Å²) in [4.78, 5) is 40.8. The van der Waals surface area contributed by atoms with Crippen LogP contribution in [0, 0.1) is 6.92 Å². The lowest BCUT2D eigenvalue weighted by Gasteiger charge is -2.07. The molecule has 1 N–H and O–H groups in total. The van der Waals surface area contributed by atoms with Gasteiger partial charge in [0.15, 0.2) is 0 Å². The lowest BCUT2D eigenvalue weighted by Crippen LogP contribution is -2.35. The molecule has 0 aliphatic rings. The topological polar surface area (TPSA) is 81.2 Å². The molecule has 3 aromatic rings. The fourth-order valence-corrected chi connectivity index (χ4v) is 4.27. The van der Waals surface area contributed by atoms with Crippen molar-refractivity contribution in [1.82, 2.24) is 9.55 Å². The second-order valence-corrected chi connectivity index (χ2v) is 7.97. The molecule has 0 fully saturated rings. The molecule has 0 aliphatic carbocycles. The van der Waals surface area contributed by atoms with Gasteiger partial charge in [-0.1, -0.05) is 29.3 Å². The number of halogens is 2. The SMILES string of the molecule is COC(=O)CCCn1c(=O)[nH]c2sc(C)c(-c3ccc(Cl)c(Cl)c3)c2c1=O. The number of aromatic amines is 1. The highest BCUT2D eigenvalue weighted by Gasteiger charge is 2.19. The van der Waals surface area contributed by atoms with Crippen LogP contribution in [0.15, 0.2) is 27.8 Å². The third-order valence-electron chi connectivity index (χ3n) is 4.21. The predicted molar refractivity (Wildman–Crippen MR) is 108 cm³/mol. The number of ether oxygens (including phenoxy) is 1. The molecule has 27 heavy (non-hydrogen) atoms. The van der Waals surface area contributed by atoms with Crippen LogP contribution in [0.2, 0.25) is 10.0 Å². The molecule has 2 heterocycles. The van der Waals surface area contributed by atoms with E-state index < -0.39 is 11.2 Å². The monoisotopic (exact) mass is 426 g/mol. The zero-order chi connectivity index (χ0) is 19.7. The summed E-state index contributed by atoms with van der Waals surface area (Å²) in [6.07, 6.45) is 0.453. The lowest BCUT2D eigenvalue weighted by atomic mass is 10.0. The Balaban J connectivity index is 2.13. The van der Waals surface area contributed by atoms with Crippen molar-refractivity contribution in [3.63, 3.8) is 0 Å². The molecule has 0 saturated carbocycles. The molecule has 0 saturated heterocycles. The van der Waals surface area contributed by atoms with Crippen LogP contribution in [-0.4, -0.2) is 22.6 Å². The first kappa shape index (κ1) is 19.7. The van der Waals surface area contributed by atoms with E-state index in [9.17, 15) is 14.4 Å². The van der Waals surface area contributed by atoms with E-state index in [1.165, 1.54) is 18.4 Å². The standard InChI is InChI=1S/C18H16Cl2N2O4S/c1-9-14(10-5-6-11(19)12(20)8-10)15-16(27-9)21-18(25)22(17(15)24)7-3-4-13(23)26-2/h5-6,8H,3-4,7H2,1-2H3,(H,21,25). The minimum absolute atomic E-state index is 0.120. The number of hydrogen-bond acceptors (Lipinski definition) is 5. The minimum Gasteiger partial charge on any atom is -0.469 e. The minimum atomic E-state index is -0.501. The van der Waals surface area contributed by atoms with Gasteiger partial charge in [-0.05, 0) is 31.0 Å². The van der Waals surface area contributed by atoms with Gasteiger partial charge < -0.3 is 4.74 Å². The first-order chi connectivity index (χ1) is 12.8. The van der Waals surface area contributed by atoms with E-state index in [0.717, 1.165) is 20.6 Å². The van der Waals surface area contributed by atoms with E-state index >= 15 is 0 Å². The normalized spacial score (nSPS) is 11.1. The van der Waals surface area contributed by atoms with Gasteiger partial charge in [-0.3, -0.25) is 19.1 Å². The van der Waals surface area contributed by atoms with Crippen LogP contribution >= 0.6 is 34.5 Å². The summed E-state index contributed by atoms with van der Waals surface area (Å²) >= 11 is 13.5. The molecule has 2 aromatic heterocycles. The smallest absolute Gasteiger partial charge is 0.329 e. The Labute approximate surface area is 168 Å². The van der Waals surface area contributed by atoms with Crippen LogP contribution < -0.4 is 11.2 Å². The number of nitrogens with one attached hydrogen (secondary N) is 1. The number of carbonyl (C=O) groups excluding carboxylic acids is 1. The molecule has 3 rings (SSSR count). The molecule has 0 atom stereocenters. The lowest BCUT2D eigenvalue weighted by molar-refractivity contribution is -0.140. The molecular formula is C18H16Cl2N2O4S. The zero-order valence-corrected chi connectivity index (χ0v) is 16.9. The number of fused-ring (bicyclic) bond motifs is 1. The fraction of sp³-hybridized carbons (Fsp3) is 0.278. The molecule has 0 unspecified atom stereocenters. The quantitative estimate of drug-likeness (QED) is 0.625. The zero-order valence-electron chi connectivity index (χ0n) is 14.6. The summed E-state index contributed by atoms with van der Waals surface area (Å²) in [5.74, 6) is -0.386. The number of thiophene rings is 1. The summed E-state index contributed by atoms with van der Waals surface area (Å²) in [7, 11) is 1.30. The Kier molecular flexibility index (Phi) is 5.74. The van der Waals surface area contributed by atoms with Crippen molar-refractivity contribution < 1.29 is 9.53 Å². The number of aryl methyl sites for hydroxylation is 1. The average molecular weight is 427 g/mol. The van der Waals surface area contributed by atoms with Gasteiger partial charge in [-0.15, -0.1) is 11.3 Å². The second kappa shape index (κ2) is 7.88. The molecule has 0 amide bonds. The average Bonchev–Trinajstić information content (AvgIpc) is 2.95. The van der Waals surface area contributed by atoms with Crippen molar-refractivity contribution in [3.8, 4) is 11.1 Å². The number of benzene rings is 1. The van der Waals surface area contributed by atoms with Gasteiger partial charge in [0, 0.05) is 23.4 Å². The second-order valence-electron chi connectivity index (χ2n) is 5.93. The summed E-state index contributed by atoms with van der Waals surface area (Å²) in [5, 5.41) is 1.23. The molecular weight excluding hydrogens is 411 g/mol. The number of methoxy groups -OCH3 is 1. The van der Waals surface area contributed by atoms with Crippen molar-refractivity contribution in [1.29, 1.82) is 0 Å². The number of aromatic nitrogens is 2. The molecule has 0 spiro atoms. The highest BCUT2D eigenvalue weighted by atomic mass is 35.5. The molecule has 6 nitrogen and oxygen atoms in total. The van der Waals surface area contributed by atoms with Gasteiger partial charge >= 0.3 is 11.7 Å². The number of carbonyl (C=O) groups is 1. The third kappa shape index (κ3) is 3.81. The van der Waals surface area contributed by atoms with Crippen molar-refractivity contribution in [3.05, 3.63) is 54.0 Å². The highest BCUT2D eigenvalue weighted by Crippen LogP contribution is 2.37. The number of nitrogens with zero attached hydrogens (tertiary/aromatic N) is 1. The summed E-state index contributed by atoms with van der Waals surface area (Å²) in [5.41, 5.74) is 0.568. The van der Waals surface area contributed by atoms with Gasteiger partial charge in [-0.2, -0.15) is 0 Å². The van der Waals surface area contributed by atoms with E-state index in [0.29, 0.717) is 26.7 Å². The number of hydrogen-bond donors (Lipinski definition) is 1. The Bertz CT molecular complexity index is 1150. The maximum Gasteiger partial charge on any atom is 0.329 e. The first-order valence-electron chi connectivity index (χ1n) is 8.12. The van der Waals surface area contributed by atoms with Gasteiger partial charge in [-0.25, -0.2) is 4.79 Å². The molecule has 0 aliphatic heterocycles. The Morgan fingerprint density at radius 2 is 2.00 bits per heavy atom. The van der Waals surface area contributed by atoms with Crippen LogP contribution in [0.25, 0.3) is 21.3 Å². The van der Waals surface area contributed by atoms with E-state index in [-0.39, 0.29) is 18.9 Å². The van der Waals surface area contributed by atoms with E-state index in [1.807, 2.05) is 6.92 Å². The van der Waals surface area contributed by atoms with Gasteiger partial charge in [0.1, 0.15) is 4.83 Å². The highest BCUT2D eigenvalue weighted by molar-refractivity contribution is 7.19. The van der Waals surface area contributed by atoms with Crippen molar-refractivity contribution in [2.24, 2.45) is 0 Å². The van der Waals surface area contributed by atoms with Gasteiger partial charge in [0.2, 0.25) is 0 Å². The van der Waals surface area contributed by atoms with Gasteiger partial charge in [0.05, 0.1) is 22.5 Å². The fourth-order valence-electron chi connectivity index (χ4n) is 2.91. The van der Waals surface area contributed by atoms with E-state index in [1.54, 1.807) is 18.2 Å². The van der Waals surface area contributed by atoms with Crippen LogP contribution in [0.4, 0.5) is 0 Å². The Hall–Kier alpha value is -2.09. The van der Waals surface area contributed by atoms with Crippen molar-refractivity contribution >= 4 is 50.7 Å². The van der Waals surface area contributed by atoms with Gasteiger partial charge in [0.25, 0.3) is 5.56 Å². The van der Waals surface area contributed by atoms with Crippen LogP contribution in [0.1, 0.15) is 17.7 Å². The maximum absolute atomic E-state index is 13.0. The summed E-state index contributed by atoms with van der Waals surface area (Å²) in [6.45, 7) is 2.00. The van der Waals surface area contributed by atoms with Crippen molar-refractivity contribution in [2.75, 3.05) is 7.11 Å². The van der Waals surface area contributed by atoms with E-state index in [2.05, 4.69) is 9.72 Å². The molecule has 1 aromatic carbocycles. The third-order valence-corrected chi connectivity index (χ3v) is 5.97. The Morgan fingerprint density at radius 1 is 1.26 bits per heavy atom. The molecule has 0 bridgehead atoms. The summed E-state index contributed by atoms with van der Waals surface area (Å²) in [6, 6.07) is 5.15. The number of esters is 1. The van der Waals surface area contributed by atoms with Crippen LogP contribution in [-0.2, 0) is 16.1 Å². The van der Waals surface area contributed by atoms with E-state index in [4.69, 9.17) is 23.2 Å². The largest absolute Gasteiger partial charge is 0.469 e. The molecule has 0 radical (unpaired) electrons. The Morgan fingerprint density at radius 3 is 2.67 bits per heavy atom.